The van der Waals surface area contributed by atoms with Gasteiger partial charge in [-0.3, -0.25) is 0 Å². The number of aromatic amines is 1. The molecule has 0 radical (unpaired) electrons. The van der Waals surface area contributed by atoms with Crippen molar-refractivity contribution in [1.82, 2.24) is 10.3 Å². The summed E-state index contributed by atoms with van der Waals surface area (Å²) < 4.78 is 10.2. The van der Waals surface area contributed by atoms with Gasteiger partial charge >= 0.3 is 5.97 Å². The lowest BCUT2D eigenvalue weighted by molar-refractivity contribution is 0.0594. The van der Waals surface area contributed by atoms with E-state index in [1.54, 1.807) is 6.07 Å². The van der Waals surface area contributed by atoms with Crippen LogP contribution in [0.4, 0.5) is 0 Å². The van der Waals surface area contributed by atoms with Crippen LogP contribution in [0.15, 0.2) is 12.1 Å². The van der Waals surface area contributed by atoms with E-state index in [0.29, 0.717) is 11.8 Å². The first-order chi connectivity index (χ1) is 8.79. The van der Waals surface area contributed by atoms with Crippen LogP contribution in [0.25, 0.3) is 0 Å². The second kappa shape index (κ2) is 6.56. The topological polar surface area (TPSA) is 63.4 Å². The molecule has 1 unspecified atom stereocenters. The number of hydrogen-bond donors (Lipinski definition) is 2. The van der Waals surface area contributed by atoms with Gasteiger partial charge in [0, 0.05) is 18.8 Å². The number of nitrogens with one attached hydrogen (secondary N) is 2. The molecule has 0 bridgehead atoms. The van der Waals surface area contributed by atoms with Crippen molar-refractivity contribution in [3.05, 3.63) is 23.5 Å². The molecule has 0 aromatic carbocycles. The maximum absolute atomic E-state index is 11.2. The Labute approximate surface area is 107 Å². The van der Waals surface area contributed by atoms with Crippen LogP contribution < -0.4 is 5.32 Å². The molecule has 2 heterocycles. The molecule has 100 valence electrons. The van der Waals surface area contributed by atoms with Gasteiger partial charge in [-0.15, -0.1) is 0 Å². The third-order valence-corrected chi connectivity index (χ3v) is 3.13. The molecule has 5 nitrogen and oxygen atoms in total. The average molecular weight is 252 g/mol. The molecule has 1 saturated heterocycles. The Morgan fingerprint density at radius 1 is 1.61 bits per heavy atom. The Morgan fingerprint density at radius 2 is 2.50 bits per heavy atom. The van der Waals surface area contributed by atoms with Crippen LogP contribution in [-0.4, -0.2) is 37.3 Å². The molecule has 0 aliphatic carbocycles. The molecule has 1 aromatic heterocycles. The van der Waals surface area contributed by atoms with E-state index in [2.05, 4.69) is 15.0 Å². The molecule has 0 amide bonds. The van der Waals surface area contributed by atoms with Crippen molar-refractivity contribution in [3.63, 3.8) is 0 Å². The van der Waals surface area contributed by atoms with Gasteiger partial charge in [0.1, 0.15) is 5.69 Å². The first-order valence-electron chi connectivity index (χ1n) is 6.38. The fraction of sp³-hybridized carbons (Fsp3) is 0.615. The Morgan fingerprint density at radius 3 is 3.22 bits per heavy atom. The summed E-state index contributed by atoms with van der Waals surface area (Å²) >= 11 is 0. The largest absolute Gasteiger partial charge is 0.464 e. The van der Waals surface area contributed by atoms with E-state index in [9.17, 15) is 4.79 Å². The highest BCUT2D eigenvalue weighted by atomic mass is 16.5. The van der Waals surface area contributed by atoms with E-state index in [-0.39, 0.29) is 5.97 Å². The number of H-pyrrole nitrogens is 1. The van der Waals surface area contributed by atoms with E-state index in [1.807, 2.05) is 6.07 Å². The minimum Gasteiger partial charge on any atom is -0.464 e. The zero-order valence-electron chi connectivity index (χ0n) is 10.7. The van der Waals surface area contributed by atoms with Crippen LogP contribution in [0.2, 0.25) is 0 Å². The maximum Gasteiger partial charge on any atom is 0.354 e. The van der Waals surface area contributed by atoms with Gasteiger partial charge < -0.3 is 19.8 Å². The van der Waals surface area contributed by atoms with Crippen molar-refractivity contribution in [2.45, 2.75) is 31.9 Å². The average Bonchev–Trinajstić information content (AvgIpc) is 3.05. The molecular formula is C13H20N2O3. The van der Waals surface area contributed by atoms with Crippen molar-refractivity contribution in [2.24, 2.45) is 0 Å². The molecule has 2 rings (SSSR count). The van der Waals surface area contributed by atoms with E-state index in [0.717, 1.165) is 31.8 Å². The van der Waals surface area contributed by atoms with Crippen molar-refractivity contribution < 1.29 is 14.3 Å². The fourth-order valence-corrected chi connectivity index (χ4v) is 2.13. The zero-order chi connectivity index (χ0) is 12.8. The lowest BCUT2D eigenvalue weighted by Crippen LogP contribution is -2.20. The highest BCUT2D eigenvalue weighted by molar-refractivity contribution is 5.87. The molecule has 1 aliphatic rings. The molecule has 2 N–H and O–H groups in total. The van der Waals surface area contributed by atoms with Crippen LogP contribution in [0.3, 0.4) is 0 Å². The summed E-state index contributed by atoms with van der Waals surface area (Å²) in [5.74, 6) is -0.333. The van der Waals surface area contributed by atoms with Gasteiger partial charge in [0.25, 0.3) is 0 Å². The lowest BCUT2D eigenvalue weighted by Gasteiger charge is -2.09. The fourth-order valence-electron chi connectivity index (χ4n) is 2.13. The van der Waals surface area contributed by atoms with E-state index in [4.69, 9.17) is 4.74 Å². The number of esters is 1. The number of hydrogen-bond acceptors (Lipinski definition) is 4. The molecule has 0 spiro atoms. The summed E-state index contributed by atoms with van der Waals surface area (Å²) in [6.07, 6.45) is 3.83. The highest BCUT2D eigenvalue weighted by Crippen LogP contribution is 2.14. The van der Waals surface area contributed by atoms with E-state index >= 15 is 0 Å². The predicted molar refractivity (Wildman–Crippen MR) is 67.4 cm³/mol. The molecule has 1 fully saturated rings. The van der Waals surface area contributed by atoms with Gasteiger partial charge in [-0.25, -0.2) is 4.79 Å². The summed E-state index contributed by atoms with van der Waals surface area (Å²) in [6, 6.07) is 3.63. The number of ether oxygens (including phenoxy) is 2. The molecule has 1 aromatic rings. The molecule has 1 aliphatic heterocycles. The standard InChI is InChI=1S/C13H20N2O3/c1-17-13(16)12-5-4-10(15-12)9-14-7-6-11-3-2-8-18-11/h4-5,11,14-15H,2-3,6-9H2,1H3. The summed E-state index contributed by atoms with van der Waals surface area (Å²) in [5.41, 5.74) is 1.48. The molecule has 5 heteroatoms. The van der Waals surface area contributed by atoms with Crippen molar-refractivity contribution in [3.8, 4) is 0 Å². The van der Waals surface area contributed by atoms with Gasteiger partial charge in [-0.2, -0.15) is 0 Å². The minimum atomic E-state index is -0.333. The van der Waals surface area contributed by atoms with Crippen molar-refractivity contribution >= 4 is 5.97 Å². The Hall–Kier alpha value is -1.33. The number of methoxy groups -OCH3 is 1. The number of carbonyl (C=O) groups excluding carboxylic acids is 1. The third-order valence-electron chi connectivity index (χ3n) is 3.13. The Kier molecular flexibility index (Phi) is 4.78. The van der Waals surface area contributed by atoms with Crippen LogP contribution >= 0.6 is 0 Å². The molecular weight excluding hydrogens is 232 g/mol. The summed E-state index contributed by atoms with van der Waals surface area (Å²) in [6.45, 7) is 2.56. The number of rotatable bonds is 6. The lowest BCUT2D eigenvalue weighted by atomic mass is 10.2. The number of aromatic nitrogens is 1. The molecule has 0 saturated carbocycles. The van der Waals surface area contributed by atoms with Gasteiger partial charge in [-0.05, 0) is 37.9 Å². The van der Waals surface area contributed by atoms with E-state index in [1.165, 1.54) is 20.0 Å². The second-order valence-electron chi connectivity index (χ2n) is 4.49. The SMILES string of the molecule is COC(=O)c1ccc(CNCCC2CCCO2)[nH]1. The van der Waals surface area contributed by atoms with Gasteiger partial charge in [0.05, 0.1) is 13.2 Å². The minimum absolute atomic E-state index is 0.333. The van der Waals surface area contributed by atoms with E-state index < -0.39 is 0 Å². The molecule has 1 atom stereocenters. The normalized spacial score (nSPS) is 19.1. The van der Waals surface area contributed by atoms with Crippen LogP contribution in [0.5, 0.6) is 0 Å². The monoisotopic (exact) mass is 252 g/mol. The summed E-state index contributed by atoms with van der Waals surface area (Å²) in [5, 5.41) is 3.34. The Balaban J connectivity index is 1.66. The highest BCUT2D eigenvalue weighted by Gasteiger charge is 2.14. The molecule has 18 heavy (non-hydrogen) atoms. The van der Waals surface area contributed by atoms with Crippen molar-refractivity contribution in [2.75, 3.05) is 20.3 Å². The van der Waals surface area contributed by atoms with Gasteiger partial charge in [0.2, 0.25) is 0 Å². The van der Waals surface area contributed by atoms with Gasteiger partial charge in [0.15, 0.2) is 0 Å². The van der Waals surface area contributed by atoms with Crippen molar-refractivity contribution in [1.29, 1.82) is 0 Å². The van der Waals surface area contributed by atoms with Gasteiger partial charge in [-0.1, -0.05) is 0 Å². The predicted octanol–water partition coefficient (Wildman–Crippen LogP) is 1.46. The Bertz CT molecular complexity index is 383. The first-order valence-corrected chi connectivity index (χ1v) is 6.38. The quantitative estimate of drug-likeness (QED) is 0.594. The maximum atomic E-state index is 11.2. The third kappa shape index (κ3) is 3.58. The van der Waals surface area contributed by atoms with Crippen LogP contribution in [0.1, 0.15) is 35.4 Å². The summed E-state index contributed by atoms with van der Waals surface area (Å²) in [7, 11) is 1.38. The number of carbonyl (C=O) groups is 1. The van der Waals surface area contributed by atoms with Crippen LogP contribution in [-0.2, 0) is 16.0 Å². The zero-order valence-corrected chi connectivity index (χ0v) is 10.7. The first kappa shape index (κ1) is 13.1. The second-order valence-corrected chi connectivity index (χ2v) is 4.49. The smallest absolute Gasteiger partial charge is 0.354 e. The summed E-state index contributed by atoms with van der Waals surface area (Å²) in [4.78, 5) is 14.3. The van der Waals surface area contributed by atoms with Crippen LogP contribution in [0, 0.1) is 0 Å².